The van der Waals surface area contributed by atoms with Crippen LogP contribution in [0.4, 0.5) is 5.69 Å². The van der Waals surface area contributed by atoms with E-state index in [0.717, 1.165) is 0 Å². The zero-order valence-electron chi connectivity index (χ0n) is 11.9. The number of nitrogens with zero attached hydrogens (tertiary/aromatic N) is 1. The maximum Gasteiger partial charge on any atom is 0.264 e. The fraction of sp³-hybridized carbons (Fsp3) is 0.200. The van der Waals surface area contributed by atoms with Crippen LogP contribution < -0.4 is 9.04 Å². The molecule has 21 heavy (non-hydrogen) atoms. The van der Waals surface area contributed by atoms with E-state index in [1.807, 2.05) is 0 Å². The number of anilines is 1. The van der Waals surface area contributed by atoms with Crippen LogP contribution in [0.1, 0.15) is 5.56 Å². The molecule has 0 fully saturated rings. The van der Waals surface area contributed by atoms with Gasteiger partial charge < -0.3 is 9.84 Å². The van der Waals surface area contributed by atoms with Gasteiger partial charge in [-0.25, -0.2) is 8.42 Å². The highest BCUT2D eigenvalue weighted by atomic mass is 32.2. The summed E-state index contributed by atoms with van der Waals surface area (Å²) in [5.41, 5.74) is 1.13. The van der Waals surface area contributed by atoms with E-state index < -0.39 is 10.0 Å². The van der Waals surface area contributed by atoms with Gasteiger partial charge in [-0.2, -0.15) is 0 Å². The molecule has 0 heterocycles. The van der Waals surface area contributed by atoms with Crippen molar-refractivity contribution in [1.82, 2.24) is 0 Å². The largest absolute Gasteiger partial charge is 0.495 e. The zero-order chi connectivity index (χ0) is 15.5. The molecule has 0 radical (unpaired) electrons. The molecule has 1 N–H and O–H groups in total. The molecule has 5 nitrogen and oxygen atoms in total. The second-order valence-corrected chi connectivity index (χ2v) is 6.42. The van der Waals surface area contributed by atoms with Gasteiger partial charge in [-0.05, 0) is 29.8 Å². The molecule has 0 amide bonds. The molecule has 0 unspecified atom stereocenters. The predicted molar refractivity (Wildman–Crippen MR) is 80.9 cm³/mol. The number of methoxy groups -OCH3 is 1. The van der Waals surface area contributed by atoms with E-state index in [0.29, 0.717) is 17.0 Å². The zero-order valence-corrected chi connectivity index (χ0v) is 12.7. The molecule has 0 saturated heterocycles. The van der Waals surface area contributed by atoms with Gasteiger partial charge in [-0.3, -0.25) is 4.31 Å². The SMILES string of the molecule is COc1ccccc1N(C)S(=O)(=O)c1ccc(CO)cc1. The molecule has 0 bridgehead atoms. The first-order chi connectivity index (χ1) is 10.0. The Morgan fingerprint density at radius 2 is 1.71 bits per heavy atom. The maximum absolute atomic E-state index is 12.6. The van der Waals surface area contributed by atoms with Crippen molar-refractivity contribution < 1.29 is 18.3 Å². The van der Waals surface area contributed by atoms with E-state index in [2.05, 4.69) is 0 Å². The molecule has 2 aromatic carbocycles. The van der Waals surface area contributed by atoms with Gasteiger partial charge in [0.2, 0.25) is 0 Å². The molecule has 6 heteroatoms. The van der Waals surface area contributed by atoms with E-state index in [1.165, 1.54) is 30.6 Å². The number of aliphatic hydroxyl groups excluding tert-OH is 1. The van der Waals surface area contributed by atoms with Crippen molar-refractivity contribution in [3.63, 3.8) is 0 Å². The lowest BCUT2D eigenvalue weighted by molar-refractivity contribution is 0.282. The fourth-order valence-electron chi connectivity index (χ4n) is 1.94. The fourth-order valence-corrected chi connectivity index (χ4v) is 3.15. The first-order valence-corrected chi connectivity index (χ1v) is 7.76. The highest BCUT2D eigenvalue weighted by Gasteiger charge is 2.23. The Hall–Kier alpha value is -2.05. The van der Waals surface area contributed by atoms with Crippen LogP contribution in [0.5, 0.6) is 5.75 Å². The number of aliphatic hydroxyl groups is 1. The van der Waals surface area contributed by atoms with E-state index in [9.17, 15) is 8.42 Å². The van der Waals surface area contributed by atoms with Crippen molar-refractivity contribution in [2.45, 2.75) is 11.5 Å². The third kappa shape index (κ3) is 3.01. The van der Waals surface area contributed by atoms with E-state index >= 15 is 0 Å². The first kappa shape index (κ1) is 15.3. The van der Waals surface area contributed by atoms with Crippen LogP contribution in [0.2, 0.25) is 0 Å². The number of benzene rings is 2. The van der Waals surface area contributed by atoms with Gasteiger partial charge in [0.25, 0.3) is 10.0 Å². The normalized spacial score (nSPS) is 11.2. The lowest BCUT2D eigenvalue weighted by Gasteiger charge is -2.21. The smallest absolute Gasteiger partial charge is 0.264 e. The second kappa shape index (κ2) is 6.15. The summed E-state index contributed by atoms with van der Waals surface area (Å²) in [7, 11) is -0.703. The van der Waals surface area contributed by atoms with Crippen LogP contribution in [0.25, 0.3) is 0 Å². The average Bonchev–Trinajstić information content (AvgIpc) is 2.54. The Labute approximate surface area is 124 Å². The van der Waals surface area contributed by atoms with Crippen LogP contribution in [-0.2, 0) is 16.6 Å². The van der Waals surface area contributed by atoms with E-state index in [4.69, 9.17) is 9.84 Å². The molecule has 0 aromatic heterocycles. The van der Waals surface area contributed by atoms with Crippen LogP contribution in [-0.4, -0.2) is 27.7 Å². The third-order valence-electron chi connectivity index (χ3n) is 3.19. The number of rotatable bonds is 5. The maximum atomic E-state index is 12.6. The summed E-state index contributed by atoms with van der Waals surface area (Å²) in [4.78, 5) is 0.160. The molecule has 2 rings (SSSR count). The van der Waals surface area contributed by atoms with Gasteiger partial charge in [0.15, 0.2) is 0 Å². The highest BCUT2D eigenvalue weighted by Crippen LogP contribution is 2.30. The second-order valence-electron chi connectivity index (χ2n) is 4.45. The average molecular weight is 307 g/mol. The van der Waals surface area contributed by atoms with Crippen LogP contribution in [0.15, 0.2) is 53.4 Å². The van der Waals surface area contributed by atoms with Gasteiger partial charge in [0.1, 0.15) is 5.75 Å². The van der Waals surface area contributed by atoms with E-state index in [1.54, 1.807) is 36.4 Å². The lowest BCUT2D eigenvalue weighted by Crippen LogP contribution is -2.26. The predicted octanol–water partition coefficient (Wildman–Crippen LogP) is 2.01. The van der Waals surface area contributed by atoms with Crippen LogP contribution >= 0.6 is 0 Å². The molecule has 0 aliphatic rings. The van der Waals surface area contributed by atoms with Crippen molar-refractivity contribution in [2.75, 3.05) is 18.5 Å². The summed E-state index contributed by atoms with van der Waals surface area (Å²) in [5, 5.41) is 9.01. The quantitative estimate of drug-likeness (QED) is 0.917. The van der Waals surface area contributed by atoms with Gasteiger partial charge in [0.05, 0.1) is 24.3 Å². The van der Waals surface area contributed by atoms with Gasteiger partial charge in [0, 0.05) is 7.05 Å². The van der Waals surface area contributed by atoms with Crippen LogP contribution in [0.3, 0.4) is 0 Å². The summed E-state index contributed by atoms with van der Waals surface area (Å²) < 4.78 is 31.6. The standard InChI is InChI=1S/C15H17NO4S/c1-16(14-5-3-4-6-15(14)20-2)21(18,19)13-9-7-12(11-17)8-10-13/h3-10,17H,11H2,1-2H3. The lowest BCUT2D eigenvalue weighted by atomic mass is 10.2. The van der Waals surface area contributed by atoms with Gasteiger partial charge in [-0.1, -0.05) is 24.3 Å². The summed E-state index contributed by atoms with van der Waals surface area (Å²) in [6.07, 6.45) is 0. The Morgan fingerprint density at radius 1 is 1.10 bits per heavy atom. The molecule has 0 aliphatic heterocycles. The molecule has 112 valence electrons. The Balaban J connectivity index is 2.42. The minimum Gasteiger partial charge on any atom is -0.495 e. The van der Waals surface area contributed by atoms with Crippen molar-refractivity contribution in [1.29, 1.82) is 0 Å². The summed E-state index contributed by atoms with van der Waals surface area (Å²) >= 11 is 0. The number of hydrogen-bond acceptors (Lipinski definition) is 4. The summed E-state index contributed by atoms with van der Waals surface area (Å²) in [6.45, 7) is -0.122. The van der Waals surface area contributed by atoms with Crippen LogP contribution in [0, 0.1) is 0 Å². The summed E-state index contributed by atoms with van der Waals surface area (Å²) in [6, 6.07) is 13.0. The number of sulfonamides is 1. The Kier molecular flexibility index (Phi) is 4.50. The topological polar surface area (TPSA) is 66.8 Å². The number of ether oxygens (including phenoxy) is 1. The molecule has 0 aliphatic carbocycles. The molecule has 0 saturated carbocycles. The van der Waals surface area contributed by atoms with E-state index in [-0.39, 0.29) is 11.5 Å². The Morgan fingerprint density at radius 3 is 2.29 bits per heavy atom. The monoisotopic (exact) mass is 307 g/mol. The van der Waals surface area contributed by atoms with Crippen molar-refractivity contribution in [3.05, 3.63) is 54.1 Å². The highest BCUT2D eigenvalue weighted by molar-refractivity contribution is 7.92. The minimum absolute atomic E-state index is 0.122. The molecule has 0 atom stereocenters. The number of hydrogen-bond donors (Lipinski definition) is 1. The third-order valence-corrected chi connectivity index (χ3v) is 4.97. The number of para-hydroxylation sites is 2. The molecular formula is C15H17NO4S. The summed E-state index contributed by atoms with van der Waals surface area (Å²) in [5.74, 6) is 0.482. The minimum atomic E-state index is -3.68. The van der Waals surface area contributed by atoms with Crippen molar-refractivity contribution >= 4 is 15.7 Å². The Bertz CT molecular complexity index is 711. The van der Waals surface area contributed by atoms with Crippen molar-refractivity contribution in [2.24, 2.45) is 0 Å². The van der Waals surface area contributed by atoms with Gasteiger partial charge >= 0.3 is 0 Å². The first-order valence-electron chi connectivity index (χ1n) is 6.32. The van der Waals surface area contributed by atoms with Crippen molar-refractivity contribution in [3.8, 4) is 5.75 Å². The molecule has 0 spiro atoms. The molecule has 2 aromatic rings. The molecular weight excluding hydrogens is 290 g/mol. The van der Waals surface area contributed by atoms with Gasteiger partial charge in [-0.15, -0.1) is 0 Å².